The number of hydrogen-bond acceptors (Lipinski definition) is 1. The zero-order valence-corrected chi connectivity index (χ0v) is 3.06. The first-order chi connectivity index (χ1) is 1.73. The van der Waals surface area contributed by atoms with Gasteiger partial charge in [-0.2, -0.15) is 0 Å². The van der Waals surface area contributed by atoms with E-state index in [9.17, 15) is 0 Å². The van der Waals surface area contributed by atoms with Crippen LogP contribution in [0.1, 0.15) is 0 Å². The third-order valence-electron chi connectivity index (χ3n) is 0. The predicted molar refractivity (Wildman–Crippen MR) is 19.8 cm³/mol. The molecule has 0 unspecified atom stereocenters. The van der Waals surface area contributed by atoms with Crippen LogP contribution in [-0.4, -0.2) is 6.03 Å². The van der Waals surface area contributed by atoms with E-state index in [1.165, 1.54) is 0 Å². The van der Waals surface area contributed by atoms with E-state index in [0.29, 0.717) is 0 Å². The molecule has 4 heteroatoms. The van der Waals surface area contributed by atoms with Crippen LogP contribution in [0.4, 0.5) is 4.79 Å². The van der Waals surface area contributed by atoms with Crippen LogP contribution in [0.25, 0.3) is 0 Å². The van der Waals surface area contributed by atoms with E-state index < -0.39 is 6.03 Å². The van der Waals surface area contributed by atoms with E-state index in [-0.39, 0.29) is 6.15 Å². The van der Waals surface area contributed by atoms with Crippen molar-refractivity contribution < 1.29 is 4.79 Å². The van der Waals surface area contributed by atoms with E-state index in [2.05, 4.69) is 11.5 Å². The first kappa shape index (κ1) is 8.87. The third kappa shape index (κ3) is 8.24. The molecule has 2 amide bonds. The lowest BCUT2D eigenvalue weighted by Gasteiger charge is -1.62. The standard InChI is InChI=1S/CH4N2O.H3N/c2-1(3)4;/h(H4,2,3,4);1H3/p+1. The van der Waals surface area contributed by atoms with Gasteiger partial charge in [-0.25, -0.2) is 4.79 Å². The van der Waals surface area contributed by atoms with Gasteiger partial charge in [0, 0.05) is 0 Å². The summed E-state index contributed by atoms with van der Waals surface area (Å²) < 4.78 is 0. The summed E-state index contributed by atoms with van der Waals surface area (Å²) >= 11 is 0. The quantitative estimate of drug-likeness (QED) is 0.353. The zero-order chi connectivity index (χ0) is 3.58. The SMILES string of the molecule is NC(N)=O.[NH4+]. The highest BCUT2D eigenvalue weighted by Gasteiger charge is 1.60. The Morgan fingerprint density at radius 1 is 1.40 bits per heavy atom. The highest BCUT2D eigenvalue weighted by atomic mass is 16.2. The summed E-state index contributed by atoms with van der Waals surface area (Å²) in [6, 6.07) is -0.833. The Morgan fingerprint density at radius 3 is 1.40 bits per heavy atom. The highest BCUT2D eigenvalue weighted by Crippen LogP contribution is 1.25. The number of carbonyl (C=O) groups is 1. The molecule has 5 heavy (non-hydrogen) atoms. The van der Waals surface area contributed by atoms with Crippen molar-refractivity contribution in [3.63, 3.8) is 0 Å². The van der Waals surface area contributed by atoms with Crippen molar-refractivity contribution in [2.45, 2.75) is 0 Å². The molecule has 0 aromatic carbocycles. The van der Waals surface area contributed by atoms with Crippen LogP contribution in [0, 0.1) is 0 Å². The Morgan fingerprint density at radius 2 is 1.40 bits per heavy atom. The number of quaternary nitrogens is 1. The fourth-order valence-electron chi connectivity index (χ4n) is 0. The minimum atomic E-state index is -0.833. The summed E-state index contributed by atoms with van der Waals surface area (Å²) in [5, 5.41) is 0. The summed E-state index contributed by atoms with van der Waals surface area (Å²) in [4.78, 5) is 9.00. The first-order valence-corrected chi connectivity index (χ1v) is 0.781. The molecule has 0 rings (SSSR count). The fourth-order valence-corrected chi connectivity index (χ4v) is 0. The van der Waals surface area contributed by atoms with Crippen LogP contribution in [0.5, 0.6) is 0 Å². The molecule has 0 spiro atoms. The molecule has 0 heterocycles. The van der Waals surface area contributed by atoms with Crippen molar-refractivity contribution in [1.82, 2.24) is 6.15 Å². The number of amides is 2. The largest absolute Gasteiger partial charge is 0.369 e. The number of primary amides is 2. The van der Waals surface area contributed by atoms with Gasteiger partial charge in [0.2, 0.25) is 0 Å². The van der Waals surface area contributed by atoms with Crippen molar-refractivity contribution in [3.8, 4) is 0 Å². The molecule has 32 valence electrons. The predicted octanol–water partition coefficient (Wildman–Crippen LogP) is -0.600. The minimum absolute atomic E-state index is 0. The lowest BCUT2D eigenvalue weighted by molar-refractivity contribution is 0.256. The molecule has 0 aliphatic carbocycles. The number of hydrogen-bond donors (Lipinski definition) is 3. The average molecular weight is 78.1 g/mol. The van der Waals surface area contributed by atoms with Gasteiger partial charge in [0.15, 0.2) is 0 Å². The van der Waals surface area contributed by atoms with E-state index >= 15 is 0 Å². The van der Waals surface area contributed by atoms with Gasteiger partial charge in [-0.15, -0.1) is 0 Å². The Balaban J connectivity index is 0. The number of carbonyl (C=O) groups excluding carboxylic acids is 1. The van der Waals surface area contributed by atoms with Crippen molar-refractivity contribution >= 4 is 6.03 Å². The molecule has 4 nitrogen and oxygen atoms in total. The van der Waals surface area contributed by atoms with Gasteiger partial charge in [0.1, 0.15) is 0 Å². The summed E-state index contributed by atoms with van der Waals surface area (Å²) in [7, 11) is 0. The van der Waals surface area contributed by atoms with Crippen molar-refractivity contribution in [3.05, 3.63) is 0 Å². The molecular weight excluding hydrogens is 70.0 g/mol. The summed E-state index contributed by atoms with van der Waals surface area (Å²) in [6.07, 6.45) is 0. The molecule has 8 N–H and O–H groups in total. The lowest BCUT2D eigenvalue weighted by Crippen LogP contribution is -2.18. The average Bonchev–Trinajstić information content (AvgIpc) is 0.811. The molecule has 0 aromatic rings. The van der Waals surface area contributed by atoms with E-state index in [4.69, 9.17) is 4.79 Å². The number of rotatable bonds is 0. The summed E-state index contributed by atoms with van der Waals surface area (Å²) in [5.41, 5.74) is 8.50. The van der Waals surface area contributed by atoms with Crippen molar-refractivity contribution in [2.24, 2.45) is 11.5 Å². The lowest BCUT2D eigenvalue weighted by atomic mass is 11.2. The Labute approximate surface area is 29.7 Å². The summed E-state index contributed by atoms with van der Waals surface area (Å²) in [6.45, 7) is 0. The normalized spacial score (nSPS) is 4.80. The van der Waals surface area contributed by atoms with Crippen LogP contribution < -0.4 is 17.6 Å². The van der Waals surface area contributed by atoms with Gasteiger partial charge >= 0.3 is 6.03 Å². The number of nitrogens with two attached hydrogens (primary N) is 2. The van der Waals surface area contributed by atoms with E-state index in [0.717, 1.165) is 0 Å². The van der Waals surface area contributed by atoms with Gasteiger partial charge in [-0.05, 0) is 0 Å². The molecule has 0 aliphatic rings. The third-order valence-corrected chi connectivity index (χ3v) is 0. The zero-order valence-electron chi connectivity index (χ0n) is 3.06. The Hall–Kier alpha value is -0.770. The second-order valence-corrected chi connectivity index (χ2v) is 0.402. The molecule has 0 atom stereocenters. The van der Waals surface area contributed by atoms with Gasteiger partial charge in [-0.3, -0.25) is 0 Å². The fraction of sp³-hybridized carbons (Fsp3) is 0. The maximum absolute atomic E-state index is 9.00. The van der Waals surface area contributed by atoms with Gasteiger partial charge in [0.05, 0.1) is 0 Å². The van der Waals surface area contributed by atoms with Gasteiger partial charge in [-0.1, -0.05) is 0 Å². The smallest absolute Gasteiger partial charge is 0.309 e. The molecule has 0 saturated heterocycles. The molecule has 0 radical (unpaired) electrons. The maximum Gasteiger partial charge on any atom is 0.309 e. The molecule has 0 bridgehead atoms. The molecule has 0 fully saturated rings. The molecule has 0 saturated carbocycles. The second-order valence-electron chi connectivity index (χ2n) is 0.402. The monoisotopic (exact) mass is 78.1 g/mol. The topological polar surface area (TPSA) is 106 Å². The van der Waals surface area contributed by atoms with Gasteiger partial charge in [0.25, 0.3) is 0 Å². The van der Waals surface area contributed by atoms with Crippen molar-refractivity contribution in [1.29, 1.82) is 0 Å². The van der Waals surface area contributed by atoms with Gasteiger partial charge < -0.3 is 17.6 Å². The maximum atomic E-state index is 9.00. The number of urea groups is 1. The summed E-state index contributed by atoms with van der Waals surface area (Å²) in [5.74, 6) is 0. The molecule has 0 aromatic heterocycles. The van der Waals surface area contributed by atoms with Crippen LogP contribution in [0.15, 0.2) is 0 Å². The molecular formula is CH8N3O+. The van der Waals surface area contributed by atoms with Crippen LogP contribution >= 0.6 is 0 Å². The van der Waals surface area contributed by atoms with E-state index in [1.54, 1.807) is 0 Å². The van der Waals surface area contributed by atoms with Crippen LogP contribution in [0.3, 0.4) is 0 Å². The Kier molecular flexibility index (Phi) is 5.73. The van der Waals surface area contributed by atoms with E-state index in [1.807, 2.05) is 0 Å². The Bertz CT molecular complexity index is 29.9. The highest BCUT2D eigenvalue weighted by molar-refractivity contribution is 5.69. The second kappa shape index (κ2) is 3.23. The van der Waals surface area contributed by atoms with Crippen LogP contribution in [0.2, 0.25) is 0 Å². The van der Waals surface area contributed by atoms with Crippen molar-refractivity contribution in [2.75, 3.05) is 0 Å². The van der Waals surface area contributed by atoms with Crippen LogP contribution in [-0.2, 0) is 0 Å². The molecule has 0 aliphatic heterocycles. The minimum Gasteiger partial charge on any atom is -0.369 e. The first-order valence-electron chi connectivity index (χ1n) is 0.781.